The van der Waals surface area contributed by atoms with E-state index in [0.717, 1.165) is 25.6 Å². The molecule has 6 nitrogen and oxygen atoms in total. The fourth-order valence-corrected chi connectivity index (χ4v) is 6.40. The van der Waals surface area contributed by atoms with Crippen LogP contribution in [0.15, 0.2) is 52.5 Å². The first-order chi connectivity index (χ1) is 18.4. The van der Waals surface area contributed by atoms with Gasteiger partial charge in [0.05, 0.1) is 34.3 Å². The summed E-state index contributed by atoms with van der Waals surface area (Å²) < 4.78 is 81.1. The highest BCUT2D eigenvalue weighted by atomic mass is 32.2. The molecular weight excluding hydrogens is 544 g/mol. The number of aliphatic imine (C=N–C) groups is 1. The highest BCUT2D eigenvalue weighted by Crippen LogP contribution is 2.39. The molecule has 1 aromatic heterocycles. The highest BCUT2D eigenvalue weighted by Gasteiger charge is 2.44. The summed E-state index contributed by atoms with van der Waals surface area (Å²) in [6.45, 7) is 1.42. The van der Waals surface area contributed by atoms with Crippen LogP contribution in [0.1, 0.15) is 28.7 Å². The normalized spacial score (nSPS) is 23.1. The number of aromatic nitrogens is 2. The molecule has 204 valence electrons. The predicted octanol–water partition coefficient (Wildman–Crippen LogP) is 5.48. The molecule has 3 aromatic rings. The fraction of sp³-hybridized carbons (Fsp3) is 0.346. The van der Waals surface area contributed by atoms with Crippen molar-refractivity contribution in [3.63, 3.8) is 0 Å². The first-order valence-electron chi connectivity index (χ1n) is 12.1. The summed E-state index contributed by atoms with van der Waals surface area (Å²) >= 11 is 1.33. The number of nitrogens with zero attached hydrogens (tertiary/aromatic N) is 5. The van der Waals surface area contributed by atoms with Gasteiger partial charge >= 0.3 is 12.4 Å². The van der Waals surface area contributed by atoms with Gasteiger partial charge in [-0.15, -0.1) is 0 Å². The lowest BCUT2D eigenvalue weighted by atomic mass is 10.0. The number of benzene rings is 2. The van der Waals surface area contributed by atoms with Crippen molar-refractivity contribution in [2.75, 3.05) is 20.1 Å². The number of alkyl halides is 6. The molecule has 39 heavy (non-hydrogen) atoms. The van der Waals surface area contributed by atoms with Crippen LogP contribution in [-0.4, -0.2) is 62.9 Å². The van der Waals surface area contributed by atoms with E-state index in [-0.39, 0.29) is 24.1 Å². The molecule has 3 aliphatic rings. The number of rotatable bonds is 3. The number of carbonyl (C=O) groups excluding carboxylic acids is 1. The predicted molar refractivity (Wildman–Crippen MR) is 135 cm³/mol. The van der Waals surface area contributed by atoms with E-state index in [9.17, 15) is 31.1 Å². The maximum absolute atomic E-state index is 13.6. The summed E-state index contributed by atoms with van der Waals surface area (Å²) in [5.74, 6) is -0.316. The minimum Gasteiger partial charge on any atom is -0.345 e. The van der Waals surface area contributed by atoms with Crippen molar-refractivity contribution in [3.8, 4) is 0 Å². The standard InChI is InChI=1S/C26H21F6N5OS/c1-35-12-19-9-18(35)13-36(19)24-34-23(38)22(39-24)7-14-2-5-21-16(6-14)10-33-37(21)11-15-3-4-17(25(27,28)29)8-20(15)26(30,31)32/h2-8,10,18-19H,9,11-13H2,1H3. The smallest absolute Gasteiger partial charge is 0.345 e. The molecule has 13 heteroatoms. The minimum absolute atomic E-state index is 0.128. The molecule has 2 aromatic carbocycles. The van der Waals surface area contributed by atoms with Gasteiger partial charge in [-0.05, 0) is 66.7 Å². The van der Waals surface area contributed by atoms with Gasteiger partial charge < -0.3 is 4.90 Å². The third-order valence-corrected chi connectivity index (χ3v) is 8.42. The Labute approximate surface area is 223 Å². The number of likely N-dealkylation sites (tertiary alicyclic amines) is 2. The first-order valence-corrected chi connectivity index (χ1v) is 12.9. The Balaban J connectivity index is 1.22. The summed E-state index contributed by atoms with van der Waals surface area (Å²) in [7, 11) is 2.10. The lowest BCUT2D eigenvalue weighted by Gasteiger charge is -2.32. The Morgan fingerprint density at radius 3 is 2.49 bits per heavy atom. The lowest BCUT2D eigenvalue weighted by molar-refractivity contribution is -0.143. The zero-order chi connectivity index (χ0) is 27.7. The van der Waals surface area contributed by atoms with Crippen LogP contribution in [0.2, 0.25) is 0 Å². The number of likely N-dealkylation sites (N-methyl/N-ethyl adjacent to an activating group) is 1. The van der Waals surface area contributed by atoms with Crippen LogP contribution < -0.4 is 0 Å². The van der Waals surface area contributed by atoms with Crippen LogP contribution in [0.3, 0.4) is 0 Å². The first kappa shape index (κ1) is 25.9. The van der Waals surface area contributed by atoms with Crippen molar-refractivity contribution >= 4 is 39.8 Å². The van der Waals surface area contributed by atoms with Gasteiger partial charge in [0.15, 0.2) is 5.17 Å². The second-order valence-electron chi connectivity index (χ2n) is 9.93. The van der Waals surface area contributed by atoms with E-state index in [1.165, 1.54) is 22.6 Å². The van der Waals surface area contributed by atoms with Gasteiger partial charge in [0, 0.05) is 30.6 Å². The Hall–Kier alpha value is -3.32. The largest absolute Gasteiger partial charge is 0.416 e. The molecular formula is C26H21F6N5OS. The average molecular weight is 566 g/mol. The molecule has 2 unspecified atom stereocenters. The Morgan fingerprint density at radius 2 is 1.82 bits per heavy atom. The molecule has 6 rings (SSSR count). The molecule has 0 saturated carbocycles. The van der Waals surface area contributed by atoms with E-state index in [1.54, 1.807) is 24.3 Å². The van der Waals surface area contributed by atoms with Gasteiger partial charge in [-0.3, -0.25) is 14.4 Å². The maximum atomic E-state index is 13.6. The molecule has 0 aliphatic carbocycles. The van der Waals surface area contributed by atoms with Gasteiger partial charge in [0.2, 0.25) is 0 Å². The lowest BCUT2D eigenvalue weighted by Crippen LogP contribution is -2.46. The topological polar surface area (TPSA) is 53.7 Å². The van der Waals surface area contributed by atoms with E-state index in [2.05, 4.69) is 26.9 Å². The maximum Gasteiger partial charge on any atom is 0.416 e. The number of halogens is 6. The van der Waals surface area contributed by atoms with Gasteiger partial charge in [-0.2, -0.15) is 36.4 Å². The number of amides is 1. The molecule has 3 aliphatic heterocycles. The van der Waals surface area contributed by atoms with Gasteiger partial charge in [-0.25, -0.2) is 0 Å². The summed E-state index contributed by atoms with van der Waals surface area (Å²) in [5, 5.41) is 5.48. The number of amidine groups is 1. The average Bonchev–Trinajstić information content (AvgIpc) is 3.62. The Bertz CT molecular complexity index is 1540. The quantitative estimate of drug-likeness (QED) is 0.311. The zero-order valence-electron chi connectivity index (χ0n) is 20.4. The number of piperazine rings is 1. The third-order valence-electron chi connectivity index (χ3n) is 7.40. The summed E-state index contributed by atoms with van der Waals surface area (Å²) in [6, 6.07) is 7.54. The summed E-state index contributed by atoms with van der Waals surface area (Å²) in [6.07, 6.45) is -5.61. The molecule has 4 heterocycles. The number of hydrogen-bond donors (Lipinski definition) is 0. The number of hydrogen-bond acceptors (Lipinski definition) is 5. The molecule has 0 spiro atoms. The second kappa shape index (κ2) is 9.12. The number of fused-ring (bicyclic) bond motifs is 3. The Morgan fingerprint density at radius 1 is 1.03 bits per heavy atom. The molecule has 2 fully saturated rings. The fourth-order valence-electron chi connectivity index (χ4n) is 5.41. The van der Waals surface area contributed by atoms with Crippen LogP contribution >= 0.6 is 11.8 Å². The third kappa shape index (κ3) is 4.82. The van der Waals surface area contributed by atoms with Crippen LogP contribution in [-0.2, 0) is 23.7 Å². The summed E-state index contributed by atoms with van der Waals surface area (Å²) in [4.78, 5) is 21.8. The van der Waals surface area contributed by atoms with Crippen LogP contribution in [0.25, 0.3) is 17.0 Å². The van der Waals surface area contributed by atoms with Gasteiger partial charge in [-0.1, -0.05) is 12.1 Å². The SMILES string of the molecule is CN1CC2CC1CN2C1=NC(=O)C(=Cc2ccc3c(cnn3Cc3ccc(C(F)(F)F)cc3C(F)(F)F)c2)S1. The monoisotopic (exact) mass is 565 g/mol. The van der Waals surface area contributed by atoms with Crippen molar-refractivity contribution in [3.05, 3.63) is 69.8 Å². The molecule has 2 saturated heterocycles. The second-order valence-corrected chi connectivity index (χ2v) is 10.9. The highest BCUT2D eigenvalue weighted by molar-refractivity contribution is 8.18. The summed E-state index contributed by atoms with van der Waals surface area (Å²) in [5.41, 5.74) is -1.84. The van der Waals surface area contributed by atoms with Gasteiger partial charge in [0.1, 0.15) is 0 Å². The van der Waals surface area contributed by atoms with Crippen LogP contribution in [0.4, 0.5) is 26.3 Å². The number of carbonyl (C=O) groups is 1. The molecule has 0 radical (unpaired) electrons. The molecule has 2 bridgehead atoms. The van der Waals surface area contributed by atoms with Crippen molar-refractivity contribution in [2.45, 2.75) is 37.4 Å². The van der Waals surface area contributed by atoms with Crippen molar-refractivity contribution < 1.29 is 31.1 Å². The minimum atomic E-state index is -4.96. The number of thioether (sulfide) groups is 1. The molecule has 1 amide bonds. The van der Waals surface area contributed by atoms with Crippen molar-refractivity contribution in [2.24, 2.45) is 4.99 Å². The zero-order valence-corrected chi connectivity index (χ0v) is 21.2. The Kier molecular flexibility index (Phi) is 6.06. The van der Waals surface area contributed by atoms with E-state index >= 15 is 0 Å². The van der Waals surface area contributed by atoms with Gasteiger partial charge in [0.25, 0.3) is 5.91 Å². The van der Waals surface area contributed by atoms with Crippen LogP contribution in [0, 0.1) is 0 Å². The molecule has 0 N–H and O–H groups in total. The van der Waals surface area contributed by atoms with E-state index in [4.69, 9.17) is 0 Å². The van der Waals surface area contributed by atoms with Crippen molar-refractivity contribution in [1.82, 2.24) is 19.6 Å². The van der Waals surface area contributed by atoms with Crippen LogP contribution in [0.5, 0.6) is 0 Å². The molecule has 2 atom stereocenters. The van der Waals surface area contributed by atoms with E-state index in [1.807, 2.05) is 0 Å². The van der Waals surface area contributed by atoms with E-state index < -0.39 is 23.5 Å². The van der Waals surface area contributed by atoms with Crippen molar-refractivity contribution in [1.29, 1.82) is 0 Å². The van der Waals surface area contributed by atoms with E-state index in [0.29, 0.717) is 44.7 Å².